The van der Waals surface area contributed by atoms with Gasteiger partial charge >= 0.3 is 0 Å². The first-order chi connectivity index (χ1) is 9.29. The molecule has 102 valence electrons. The standard InChI is InChI=1S/C12H16BrN5S/c1-2-4-15-12-16-6-10(13)11(18-12)14-5-3-9-7-19-8-17-9/h6-8H,2-5H2,1H3,(H2,14,15,16,18). The summed E-state index contributed by atoms with van der Waals surface area (Å²) in [6, 6.07) is 0. The van der Waals surface area contributed by atoms with E-state index in [0.717, 1.165) is 41.9 Å². The van der Waals surface area contributed by atoms with Gasteiger partial charge < -0.3 is 10.6 Å². The molecule has 0 saturated carbocycles. The van der Waals surface area contributed by atoms with Crippen molar-refractivity contribution in [3.05, 3.63) is 27.3 Å². The van der Waals surface area contributed by atoms with Crippen molar-refractivity contribution < 1.29 is 0 Å². The van der Waals surface area contributed by atoms with E-state index in [-0.39, 0.29) is 0 Å². The van der Waals surface area contributed by atoms with Crippen LogP contribution in [-0.4, -0.2) is 28.0 Å². The monoisotopic (exact) mass is 341 g/mol. The first kappa shape index (κ1) is 14.2. The summed E-state index contributed by atoms with van der Waals surface area (Å²) < 4.78 is 0.868. The van der Waals surface area contributed by atoms with Crippen LogP contribution in [0.1, 0.15) is 19.0 Å². The number of nitrogens with one attached hydrogen (secondary N) is 2. The Bertz CT molecular complexity index is 503. The van der Waals surface area contributed by atoms with Gasteiger partial charge in [0.25, 0.3) is 0 Å². The number of hydrogen-bond acceptors (Lipinski definition) is 6. The fourth-order valence-electron chi connectivity index (χ4n) is 1.48. The molecule has 2 heterocycles. The van der Waals surface area contributed by atoms with Gasteiger partial charge in [0.2, 0.25) is 5.95 Å². The lowest BCUT2D eigenvalue weighted by Crippen LogP contribution is -2.10. The number of rotatable bonds is 7. The molecule has 7 heteroatoms. The van der Waals surface area contributed by atoms with Crippen LogP contribution in [0.15, 0.2) is 21.6 Å². The Morgan fingerprint density at radius 3 is 2.89 bits per heavy atom. The lowest BCUT2D eigenvalue weighted by Gasteiger charge is -2.09. The molecule has 2 N–H and O–H groups in total. The SMILES string of the molecule is CCCNc1ncc(Br)c(NCCc2cscn2)n1. The normalized spacial score (nSPS) is 10.4. The summed E-state index contributed by atoms with van der Waals surface area (Å²) >= 11 is 5.07. The first-order valence-corrected chi connectivity index (χ1v) is 7.90. The van der Waals surface area contributed by atoms with E-state index < -0.39 is 0 Å². The summed E-state index contributed by atoms with van der Waals surface area (Å²) in [5.74, 6) is 1.46. The minimum Gasteiger partial charge on any atom is -0.369 e. The first-order valence-electron chi connectivity index (χ1n) is 6.17. The van der Waals surface area contributed by atoms with Crippen molar-refractivity contribution in [2.45, 2.75) is 19.8 Å². The molecule has 0 saturated heterocycles. The number of thiazole rings is 1. The summed E-state index contributed by atoms with van der Waals surface area (Å²) in [6.45, 7) is 3.78. The van der Waals surface area contributed by atoms with Gasteiger partial charge in [0, 0.05) is 31.1 Å². The molecule has 0 bridgehead atoms. The maximum Gasteiger partial charge on any atom is 0.224 e. The molecule has 0 atom stereocenters. The maximum absolute atomic E-state index is 4.43. The zero-order valence-electron chi connectivity index (χ0n) is 10.7. The molecule has 0 aliphatic heterocycles. The quantitative estimate of drug-likeness (QED) is 0.809. The molecule has 2 aromatic heterocycles. The van der Waals surface area contributed by atoms with Crippen molar-refractivity contribution in [2.24, 2.45) is 0 Å². The molecule has 0 amide bonds. The molecule has 5 nitrogen and oxygen atoms in total. The highest BCUT2D eigenvalue weighted by Gasteiger charge is 2.04. The third-order valence-electron chi connectivity index (χ3n) is 2.43. The van der Waals surface area contributed by atoms with Crippen molar-refractivity contribution in [3.8, 4) is 0 Å². The van der Waals surface area contributed by atoms with E-state index in [0.29, 0.717) is 5.95 Å². The highest BCUT2D eigenvalue weighted by atomic mass is 79.9. The Balaban J connectivity index is 1.90. The molecular formula is C12H16BrN5S. The van der Waals surface area contributed by atoms with Crippen LogP contribution in [0.2, 0.25) is 0 Å². The van der Waals surface area contributed by atoms with Gasteiger partial charge in [-0.3, -0.25) is 0 Å². The molecule has 0 spiro atoms. The van der Waals surface area contributed by atoms with Gasteiger partial charge in [0.1, 0.15) is 5.82 Å². The maximum atomic E-state index is 4.43. The Hall–Kier alpha value is -1.21. The second kappa shape index (κ2) is 7.40. The molecule has 19 heavy (non-hydrogen) atoms. The van der Waals surface area contributed by atoms with E-state index in [1.807, 2.05) is 5.51 Å². The zero-order valence-corrected chi connectivity index (χ0v) is 13.1. The number of anilines is 2. The van der Waals surface area contributed by atoms with E-state index >= 15 is 0 Å². The number of halogens is 1. The van der Waals surface area contributed by atoms with Crippen molar-refractivity contribution in [3.63, 3.8) is 0 Å². The molecule has 0 radical (unpaired) electrons. The molecule has 0 aliphatic rings. The molecule has 2 rings (SSSR count). The predicted molar refractivity (Wildman–Crippen MR) is 82.8 cm³/mol. The van der Waals surface area contributed by atoms with Crippen LogP contribution < -0.4 is 10.6 Å². The third-order valence-corrected chi connectivity index (χ3v) is 3.65. The predicted octanol–water partition coefficient (Wildman–Crippen LogP) is 3.17. The summed E-state index contributed by atoms with van der Waals surface area (Å²) in [6.07, 6.45) is 3.69. The van der Waals surface area contributed by atoms with Gasteiger partial charge in [0.15, 0.2) is 0 Å². The highest BCUT2D eigenvalue weighted by Crippen LogP contribution is 2.20. The summed E-state index contributed by atoms with van der Waals surface area (Å²) in [7, 11) is 0. The van der Waals surface area contributed by atoms with E-state index in [1.165, 1.54) is 0 Å². The molecule has 0 aliphatic carbocycles. The van der Waals surface area contributed by atoms with E-state index in [2.05, 4.69) is 53.8 Å². The van der Waals surface area contributed by atoms with Gasteiger partial charge in [-0.15, -0.1) is 11.3 Å². The van der Waals surface area contributed by atoms with E-state index in [9.17, 15) is 0 Å². The number of aromatic nitrogens is 3. The van der Waals surface area contributed by atoms with Gasteiger partial charge in [-0.2, -0.15) is 4.98 Å². The molecule has 2 aromatic rings. The van der Waals surface area contributed by atoms with Crippen molar-refractivity contribution in [1.29, 1.82) is 0 Å². The van der Waals surface area contributed by atoms with Crippen LogP contribution in [0, 0.1) is 0 Å². The Kier molecular flexibility index (Phi) is 5.53. The Morgan fingerprint density at radius 1 is 1.26 bits per heavy atom. The van der Waals surface area contributed by atoms with Crippen LogP contribution in [-0.2, 0) is 6.42 Å². The van der Waals surface area contributed by atoms with Gasteiger partial charge in [-0.05, 0) is 22.4 Å². The fourth-order valence-corrected chi connectivity index (χ4v) is 2.41. The smallest absolute Gasteiger partial charge is 0.224 e. The van der Waals surface area contributed by atoms with Gasteiger partial charge in [0.05, 0.1) is 15.7 Å². The Morgan fingerprint density at radius 2 is 2.16 bits per heavy atom. The zero-order chi connectivity index (χ0) is 13.5. The molecule has 0 unspecified atom stereocenters. The molecule has 0 aromatic carbocycles. The largest absolute Gasteiger partial charge is 0.369 e. The highest BCUT2D eigenvalue weighted by molar-refractivity contribution is 9.10. The number of nitrogens with zero attached hydrogens (tertiary/aromatic N) is 3. The average molecular weight is 342 g/mol. The Labute approximate surface area is 125 Å². The second-order valence-corrected chi connectivity index (χ2v) is 5.55. The summed E-state index contributed by atoms with van der Waals surface area (Å²) in [5.41, 5.74) is 2.95. The van der Waals surface area contributed by atoms with Crippen molar-refractivity contribution >= 4 is 39.0 Å². The van der Waals surface area contributed by atoms with Crippen LogP contribution in [0.3, 0.4) is 0 Å². The third kappa shape index (κ3) is 4.43. The van der Waals surface area contributed by atoms with E-state index in [4.69, 9.17) is 0 Å². The van der Waals surface area contributed by atoms with E-state index in [1.54, 1.807) is 17.5 Å². The van der Waals surface area contributed by atoms with Crippen LogP contribution in [0.25, 0.3) is 0 Å². The van der Waals surface area contributed by atoms with Crippen molar-refractivity contribution in [2.75, 3.05) is 23.7 Å². The van der Waals surface area contributed by atoms with Crippen LogP contribution in [0.5, 0.6) is 0 Å². The average Bonchev–Trinajstić information content (AvgIpc) is 2.92. The van der Waals surface area contributed by atoms with Crippen LogP contribution in [0.4, 0.5) is 11.8 Å². The minimum absolute atomic E-state index is 0.654. The lowest BCUT2D eigenvalue weighted by atomic mass is 10.3. The van der Waals surface area contributed by atoms with Gasteiger partial charge in [-0.1, -0.05) is 6.92 Å². The second-order valence-electron chi connectivity index (χ2n) is 3.97. The summed E-state index contributed by atoms with van der Waals surface area (Å²) in [5, 5.41) is 8.53. The van der Waals surface area contributed by atoms with Gasteiger partial charge in [-0.25, -0.2) is 9.97 Å². The minimum atomic E-state index is 0.654. The molecule has 0 fully saturated rings. The van der Waals surface area contributed by atoms with Crippen molar-refractivity contribution in [1.82, 2.24) is 15.0 Å². The molecular weight excluding hydrogens is 326 g/mol. The fraction of sp³-hybridized carbons (Fsp3) is 0.417. The number of hydrogen-bond donors (Lipinski definition) is 2. The topological polar surface area (TPSA) is 62.7 Å². The summed E-state index contributed by atoms with van der Waals surface area (Å²) in [4.78, 5) is 12.9. The van der Waals surface area contributed by atoms with Crippen LogP contribution >= 0.6 is 27.3 Å². The lowest BCUT2D eigenvalue weighted by molar-refractivity contribution is 0.938.